The SMILES string of the molecule is NC1(C(=O)N2CCCNC(=O)C2)CCC1. The molecule has 5 heteroatoms. The fraction of sp³-hybridized carbons (Fsp3) is 0.800. The van der Waals surface area contributed by atoms with E-state index in [2.05, 4.69) is 5.32 Å². The number of hydrogen-bond donors (Lipinski definition) is 2. The third kappa shape index (κ3) is 1.97. The Morgan fingerprint density at radius 2 is 2.13 bits per heavy atom. The van der Waals surface area contributed by atoms with Gasteiger partial charge in [-0.15, -0.1) is 0 Å². The minimum atomic E-state index is -0.676. The smallest absolute Gasteiger partial charge is 0.243 e. The van der Waals surface area contributed by atoms with Crippen molar-refractivity contribution in [3.05, 3.63) is 0 Å². The van der Waals surface area contributed by atoms with E-state index >= 15 is 0 Å². The van der Waals surface area contributed by atoms with Crippen LogP contribution in [0.4, 0.5) is 0 Å². The number of nitrogens with two attached hydrogens (primary N) is 1. The summed E-state index contributed by atoms with van der Waals surface area (Å²) in [4.78, 5) is 24.9. The highest BCUT2D eigenvalue weighted by atomic mass is 16.2. The van der Waals surface area contributed by atoms with Crippen LogP contribution in [0.5, 0.6) is 0 Å². The molecule has 0 spiro atoms. The Kier molecular flexibility index (Phi) is 2.65. The summed E-state index contributed by atoms with van der Waals surface area (Å²) in [5.74, 6) is -0.130. The molecule has 0 radical (unpaired) electrons. The molecule has 0 atom stereocenters. The van der Waals surface area contributed by atoms with Gasteiger partial charge in [0.05, 0.1) is 12.1 Å². The topological polar surface area (TPSA) is 75.4 Å². The third-order valence-corrected chi connectivity index (χ3v) is 3.22. The molecule has 0 aromatic rings. The normalized spacial score (nSPS) is 25.1. The number of amides is 2. The molecule has 1 aliphatic carbocycles. The Balaban J connectivity index is 2.02. The molecule has 5 nitrogen and oxygen atoms in total. The Hall–Kier alpha value is -1.10. The van der Waals surface area contributed by atoms with Crippen LogP contribution in [-0.2, 0) is 9.59 Å². The number of carbonyl (C=O) groups is 2. The van der Waals surface area contributed by atoms with Crippen LogP contribution in [0.3, 0.4) is 0 Å². The molecule has 2 aliphatic rings. The molecule has 0 bridgehead atoms. The van der Waals surface area contributed by atoms with Gasteiger partial charge in [-0.25, -0.2) is 0 Å². The number of carbonyl (C=O) groups excluding carboxylic acids is 2. The van der Waals surface area contributed by atoms with E-state index in [0.29, 0.717) is 13.1 Å². The zero-order chi connectivity index (χ0) is 10.9. The van der Waals surface area contributed by atoms with Gasteiger partial charge in [-0.1, -0.05) is 0 Å². The van der Waals surface area contributed by atoms with Crippen molar-refractivity contribution >= 4 is 11.8 Å². The van der Waals surface area contributed by atoms with Crippen LogP contribution in [0.2, 0.25) is 0 Å². The average molecular weight is 211 g/mol. The minimum Gasteiger partial charge on any atom is -0.354 e. The molecule has 0 aromatic heterocycles. The summed E-state index contributed by atoms with van der Waals surface area (Å²) in [6.45, 7) is 1.45. The van der Waals surface area contributed by atoms with Gasteiger partial charge in [-0.2, -0.15) is 0 Å². The third-order valence-electron chi connectivity index (χ3n) is 3.22. The predicted molar refractivity (Wildman–Crippen MR) is 55.0 cm³/mol. The van der Waals surface area contributed by atoms with Gasteiger partial charge in [-0.3, -0.25) is 9.59 Å². The first-order valence-electron chi connectivity index (χ1n) is 5.47. The maximum absolute atomic E-state index is 12.0. The van der Waals surface area contributed by atoms with E-state index in [9.17, 15) is 9.59 Å². The maximum Gasteiger partial charge on any atom is 0.243 e. The number of rotatable bonds is 1. The Bertz CT molecular complexity index is 286. The maximum atomic E-state index is 12.0. The zero-order valence-electron chi connectivity index (χ0n) is 8.79. The van der Waals surface area contributed by atoms with Crippen LogP contribution < -0.4 is 11.1 Å². The summed E-state index contributed by atoms with van der Waals surface area (Å²) in [6, 6.07) is 0. The minimum absolute atomic E-state index is 0.0502. The van der Waals surface area contributed by atoms with Crippen LogP contribution >= 0.6 is 0 Å². The van der Waals surface area contributed by atoms with Crippen LogP contribution in [0.25, 0.3) is 0 Å². The molecule has 3 N–H and O–H groups in total. The van der Waals surface area contributed by atoms with Crippen LogP contribution in [0.1, 0.15) is 25.7 Å². The molecule has 84 valence electrons. The van der Waals surface area contributed by atoms with Gasteiger partial charge < -0.3 is 16.0 Å². The summed E-state index contributed by atoms with van der Waals surface area (Å²) in [6.07, 6.45) is 3.34. The van der Waals surface area contributed by atoms with Crippen molar-refractivity contribution in [3.63, 3.8) is 0 Å². The van der Waals surface area contributed by atoms with Crippen molar-refractivity contribution < 1.29 is 9.59 Å². The van der Waals surface area contributed by atoms with Crippen LogP contribution in [0.15, 0.2) is 0 Å². The molecule has 1 heterocycles. The van der Waals surface area contributed by atoms with Crippen molar-refractivity contribution in [2.75, 3.05) is 19.6 Å². The van der Waals surface area contributed by atoms with Gasteiger partial charge in [-0.05, 0) is 25.7 Å². The largest absolute Gasteiger partial charge is 0.354 e. The van der Waals surface area contributed by atoms with Gasteiger partial charge in [0.15, 0.2) is 0 Å². The first kappa shape index (κ1) is 10.4. The Morgan fingerprint density at radius 1 is 1.40 bits per heavy atom. The van der Waals surface area contributed by atoms with Gasteiger partial charge >= 0.3 is 0 Å². The van der Waals surface area contributed by atoms with Crippen molar-refractivity contribution in [3.8, 4) is 0 Å². The summed E-state index contributed by atoms with van der Waals surface area (Å²) in [7, 11) is 0. The zero-order valence-corrected chi connectivity index (χ0v) is 8.79. The lowest BCUT2D eigenvalue weighted by Gasteiger charge is -2.39. The molecule has 0 unspecified atom stereocenters. The predicted octanol–water partition coefficient (Wildman–Crippen LogP) is -0.784. The molecule has 0 aromatic carbocycles. The number of nitrogens with one attached hydrogen (secondary N) is 1. The van der Waals surface area contributed by atoms with E-state index in [0.717, 1.165) is 25.7 Å². The Labute approximate surface area is 89.0 Å². The molecular weight excluding hydrogens is 194 g/mol. The second-order valence-corrected chi connectivity index (χ2v) is 4.44. The average Bonchev–Trinajstić information content (AvgIpc) is 2.38. The lowest BCUT2D eigenvalue weighted by molar-refractivity contribution is -0.142. The van der Waals surface area contributed by atoms with Crippen molar-refractivity contribution in [1.82, 2.24) is 10.2 Å². The first-order valence-corrected chi connectivity index (χ1v) is 5.47. The van der Waals surface area contributed by atoms with E-state index in [1.54, 1.807) is 4.90 Å². The highest BCUT2D eigenvalue weighted by Crippen LogP contribution is 2.31. The second kappa shape index (κ2) is 3.81. The Morgan fingerprint density at radius 3 is 2.73 bits per heavy atom. The van der Waals surface area contributed by atoms with E-state index in [1.165, 1.54) is 0 Å². The van der Waals surface area contributed by atoms with Crippen LogP contribution in [0, 0.1) is 0 Å². The van der Waals surface area contributed by atoms with E-state index in [1.807, 2.05) is 0 Å². The van der Waals surface area contributed by atoms with Crippen molar-refractivity contribution in [1.29, 1.82) is 0 Å². The second-order valence-electron chi connectivity index (χ2n) is 4.44. The van der Waals surface area contributed by atoms with Crippen molar-refractivity contribution in [2.45, 2.75) is 31.2 Å². The fourth-order valence-corrected chi connectivity index (χ4v) is 2.07. The number of nitrogens with zero attached hydrogens (tertiary/aromatic N) is 1. The van der Waals surface area contributed by atoms with Gasteiger partial charge in [0, 0.05) is 13.1 Å². The molecule has 2 fully saturated rings. The van der Waals surface area contributed by atoms with E-state index < -0.39 is 5.54 Å². The molecular formula is C10H17N3O2. The molecule has 2 amide bonds. The fourth-order valence-electron chi connectivity index (χ4n) is 2.07. The molecule has 1 saturated heterocycles. The molecule has 2 rings (SSSR count). The molecule has 1 aliphatic heterocycles. The van der Waals surface area contributed by atoms with Crippen molar-refractivity contribution in [2.24, 2.45) is 5.73 Å². The highest BCUT2D eigenvalue weighted by molar-refractivity contribution is 5.91. The standard InChI is InChI=1S/C10H17N3O2/c11-10(3-1-4-10)9(15)13-6-2-5-12-8(14)7-13/h1-7,11H2,(H,12,14). The van der Waals surface area contributed by atoms with E-state index in [4.69, 9.17) is 5.73 Å². The van der Waals surface area contributed by atoms with E-state index in [-0.39, 0.29) is 18.4 Å². The lowest BCUT2D eigenvalue weighted by atomic mass is 9.76. The monoisotopic (exact) mass is 211 g/mol. The summed E-state index contributed by atoms with van der Waals surface area (Å²) >= 11 is 0. The van der Waals surface area contributed by atoms with Gasteiger partial charge in [0.2, 0.25) is 11.8 Å². The first-order chi connectivity index (χ1) is 7.12. The number of hydrogen-bond acceptors (Lipinski definition) is 3. The highest BCUT2D eigenvalue weighted by Gasteiger charge is 2.43. The van der Waals surface area contributed by atoms with Crippen LogP contribution in [-0.4, -0.2) is 41.9 Å². The summed E-state index contributed by atoms with van der Waals surface area (Å²) < 4.78 is 0. The summed E-state index contributed by atoms with van der Waals surface area (Å²) in [5, 5.41) is 2.74. The molecule has 15 heavy (non-hydrogen) atoms. The van der Waals surface area contributed by atoms with Gasteiger partial charge in [0.1, 0.15) is 0 Å². The lowest BCUT2D eigenvalue weighted by Crippen LogP contribution is -2.60. The molecule has 1 saturated carbocycles. The summed E-state index contributed by atoms with van der Waals surface area (Å²) in [5.41, 5.74) is 5.27. The van der Waals surface area contributed by atoms with Gasteiger partial charge in [0.25, 0.3) is 0 Å². The quantitative estimate of drug-likeness (QED) is 0.597.